The Kier molecular flexibility index (Phi) is 4.90. The van der Waals surface area contributed by atoms with E-state index in [1.54, 1.807) is 10.9 Å². The van der Waals surface area contributed by atoms with Crippen LogP contribution in [0.1, 0.15) is 26.2 Å². The van der Waals surface area contributed by atoms with Gasteiger partial charge < -0.3 is 11.1 Å². The van der Waals surface area contributed by atoms with Gasteiger partial charge >= 0.3 is 0 Å². The second-order valence-electron chi connectivity index (χ2n) is 4.74. The lowest BCUT2D eigenvalue weighted by Gasteiger charge is -2.12. The molecule has 5 nitrogen and oxygen atoms in total. The number of nitrogens with two attached hydrogens (primary N) is 1. The average Bonchev–Trinajstić information content (AvgIpc) is 2.99. The third kappa shape index (κ3) is 3.68. The number of carbonyl (C=O) groups is 1. The molecular formula is C15H20N4O. The van der Waals surface area contributed by atoms with Crippen LogP contribution >= 0.6 is 0 Å². The van der Waals surface area contributed by atoms with Crippen molar-refractivity contribution in [3.8, 4) is 5.69 Å². The van der Waals surface area contributed by atoms with E-state index in [9.17, 15) is 4.79 Å². The summed E-state index contributed by atoms with van der Waals surface area (Å²) in [6, 6.07) is 8.92. The zero-order chi connectivity index (χ0) is 14.4. The molecular weight excluding hydrogens is 252 g/mol. The first-order chi connectivity index (χ1) is 9.70. The molecule has 0 aliphatic carbocycles. The minimum Gasteiger partial charge on any atom is -0.325 e. The fraction of sp³-hybridized carbons (Fsp3) is 0.333. The summed E-state index contributed by atoms with van der Waals surface area (Å²) in [5.74, 6) is -0.143. The van der Waals surface area contributed by atoms with Crippen LogP contribution in [0, 0.1) is 0 Å². The lowest BCUT2D eigenvalue weighted by Crippen LogP contribution is -2.35. The SMILES string of the molecule is CCCCC(N)C(=O)Nc1cccc(-n2cccn2)c1. The molecule has 1 aromatic heterocycles. The minimum atomic E-state index is -0.455. The standard InChI is InChI=1S/C15H20N4O/c1-2-3-8-14(16)15(20)18-12-6-4-7-13(11-12)19-10-5-9-17-19/h4-7,9-11,14H,2-3,8,16H2,1H3,(H,18,20). The molecule has 1 aromatic carbocycles. The molecule has 1 unspecified atom stereocenters. The molecule has 2 aromatic rings. The minimum absolute atomic E-state index is 0.143. The van der Waals surface area contributed by atoms with E-state index >= 15 is 0 Å². The molecule has 20 heavy (non-hydrogen) atoms. The van der Waals surface area contributed by atoms with Crippen LogP contribution in [0.25, 0.3) is 5.69 Å². The molecule has 0 saturated heterocycles. The maximum absolute atomic E-state index is 12.0. The molecule has 0 radical (unpaired) electrons. The van der Waals surface area contributed by atoms with E-state index in [-0.39, 0.29) is 5.91 Å². The van der Waals surface area contributed by atoms with Gasteiger partial charge in [-0.05, 0) is 30.7 Å². The Morgan fingerprint density at radius 1 is 1.45 bits per heavy atom. The van der Waals surface area contributed by atoms with Crippen LogP contribution in [0.5, 0.6) is 0 Å². The van der Waals surface area contributed by atoms with Gasteiger partial charge in [-0.2, -0.15) is 5.10 Å². The summed E-state index contributed by atoms with van der Waals surface area (Å²) in [7, 11) is 0. The second kappa shape index (κ2) is 6.86. The maximum atomic E-state index is 12.0. The molecule has 1 heterocycles. The molecule has 1 atom stereocenters. The Morgan fingerprint density at radius 3 is 3.00 bits per heavy atom. The first kappa shape index (κ1) is 14.3. The van der Waals surface area contributed by atoms with E-state index in [4.69, 9.17) is 5.73 Å². The third-order valence-corrected chi connectivity index (χ3v) is 3.09. The summed E-state index contributed by atoms with van der Waals surface area (Å²) < 4.78 is 1.74. The van der Waals surface area contributed by atoms with Crippen LogP contribution in [-0.2, 0) is 4.79 Å². The van der Waals surface area contributed by atoms with Crippen molar-refractivity contribution in [1.82, 2.24) is 9.78 Å². The third-order valence-electron chi connectivity index (χ3n) is 3.09. The number of unbranched alkanes of at least 4 members (excludes halogenated alkanes) is 1. The Balaban J connectivity index is 2.03. The van der Waals surface area contributed by atoms with Gasteiger partial charge in [0.2, 0.25) is 5.91 Å². The molecule has 0 aliphatic heterocycles. The fourth-order valence-corrected chi connectivity index (χ4v) is 1.94. The number of carbonyl (C=O) groups excluding carboxylic acids is 1. The van der Waals surface area contributed by atoms with E-state index in [1.807, 2.05) is 36.5 Å². The molecule has 3 N–H and O–H groups in total. The van der Waals surface area contributed by atoms with Crippen molar-refractivity contribution in [3.05, 3.63) is 42.7 Å². The van der Waals surface area contributed by atoms with Crippen LogP contribution < -0.4 is 11.1 Å². The summed E-state index contributed by atoms with van der Waals surface area (Å²) in [6.07, 6.45) is 6.28. The summed E-state index contributed by atoms with van der Waals surface area (Å²) in [5, 5.41) is 7.01. The molecule has 0 bridgehead atoms. The van der Waals surface area contributed by atoms with Crippen LogP contribution in [0.15, 0.2) is 42.7 Å². The molecule has 0 aliphatic rings. The van der Waals surface area contributed by atoms with E-state index in [0.29, 0.717) is 6.42 Å². The van der Waals surface area contributed by atoms with Gasteiger partial charge in [0.05, 0.1) is 11.7 Å². The van der Waals surface area contributed by atoms with Crippen LogP contribution in [0.4, 0.5) is 5.69 Å². The van der Waals surface area contributed by atoms with Crippen molar-refractivity contribution in [2.45, 2.75) is 32.2 Å². The monoisotopic (exact) mass is 272 g/mol. The average molecular weight is 272 g/mol. The normalized spacial score (nSPS) is 12.1. The number of nitrogens with one attached hydrogen (secondary N) is 1. The fourth-order valence-electron chi connectivity index (χ4n) is 1.94. The Morgan fingerprint density at radius 2 is 2.30 bits per heavy atom. The molecule has 106 valence electrons. The van der Waals surface area contributed by atoms with Crippen LogP contribution in [-0.4, -0.2) is 21.7 Å². The molecule has 1 amide bonds. The molecule has 0 fully saturated rings. The van der Waals surface area contributed by atoms with Crippen molar-refractivity contribution in [2.24, 2.45) is 5.73 Å². The predicted molar refractivity (Wildman–Crippen MR) is 79.7 cm³/mol. The summed E-state index contributed by atoms with van der Waals surface area (Å²) in [6.45, 7) is 2.08. The van der Waals surface area contributed by atoms with Gasteiger partial charge in [-0.15, -0.1) is 0 Å². The first-order valence-electron chi connectivity index (χ1n) is 6.87. The van der Waals surface area contributed by atoms with Gasteiger partial charge in [-0.25, -0.2) is 4.68 Å². The van der Waals surface area contributed by atoms with Gasteiger partial charge in [-0.3, -0.25) is 4.79 Å². The molecule has 2 rings (SSSR count). The highest BCUT2D eigenvalue weighted by molar-refractivity contribution is 5.94. The van der Waals surface area contributed by atoms with Gasteiger partial charge in [0, 0.05) is 18.1 Å². The summed E-state index contributed by atoms with van der Waals surface area (Å²) in [4.78, 5) is 12.0. The van der Waals surface area contributed by atoms with E-state index < -0.39 is 6.04 Å². The van der Waals surface area contributed by atoms with Crippen LogP contribution in [0.3, 0.4) is 0 Å². The van der Waals surface area contributed by atoms with Gasteiger partial charge in [-0.1, -0.05) is 25.8 Å². The molecule has 5 heteroatoms. The van der Waals surface area contributed by atoms with E-state index in [0.717, 1.165) is 24.2 Å². The van der Waals surface area contributed by atoms with E-state index in [1.165, 1.54) is 0 Å². The number of amides is 1. The number of nitrogens with zero attached hydrogens (tertiary/aromatic N) is 2. The Labute approximate surface area is 118 Å². The van der Waals surface area contributed by atoms with Gasteiger partial charge in [0.15, 0.2) is 0 Å². The van der Waals surface area contributed by atoms with Crippen molar-refractivity contribution in [2.75, 3.05) is 5.32 Å². The summed E-state index contributed by atoms with van der Waals surface area (Å²) in [5.41, 5.74) is 7.48. The lowest BCUT2D eigenvalue weighted by molar-refractivity contribution is -0.117. The molecule has 0 saturated carbocycles. The number of hydrogen-bond acceptors (Lipinski definition) is 3. The zero-order valence-electron chi connectivity index (χ0n) is 11.6. The van der Waals surface area contributed by atoms with Gasteiger partial charge in [0.25, 0.3) is 0 Å². The number of anilines is 1. The topological polar surface area (TPSA) is 72.9 Å². The van der Waals surface area contributed by atoms with E-state index in [2.05, 4.69) is 17.3 Å². The molecule has 0 spiro atoms. The highest BCUT2D eigenvalue weighted by atomic mass is 16.2. The quantitative estimate of drug-likeness (QED) is 0.847. The second-order valence-corrected chi connectivity index (χ2v) is 4.74. The lowest BCUT2D eigenvalue weighted by atomic mass is 10.1. The van der Waals surface area contributed by atoms with Crippen molar-refractivity contribution in [3.63, 3.8) is 0 Å². The van der Waals surface area contributed by atoms with Crippen molar-refractivity contribution >= 4 is 11.6 Å². The maximum Gasteiger partial charge on any atom is 0.241 e. The number of hydrogen-bond donors (Lipinski definition) is 2. The zero-order valence-corrected chi connectivity index (χ0v) is 11.6. The summed E-state index contributed by atoms with van der Waals surface area (Å²) >= 11 is 0. The smallest absolute Gasteiger partial charge is 0.241 e. The number of benzene rings is 1. The first-order valence-corrected chi connectivity index (χ1v) is 6.87. The number of aromatic nitrogens is 2. The van der Waals surface area contributed by atoms with Gasteiger partial charge in [0.1, 0.15) is 0 Å². The predicted octanol–water partition coefficient (Wildman–Crippen LogP) is 2.33. The highest BCUT2D eigenvalue weighted by Crippen LogP contribution is 2.14. The van der Waals surface area contributed by atoms with Crippen molar-refractivity contribution < 1.29 is 4.79 Å². The number of rotatable bonds is 6. The highest BCUT2D eigenvalue weighted by Gasteiger charge is 2.12. The Bertz CT molecular complexity index is 551. The largest absolute Gasteiger partial charge is 0.325 e. The Hall–Kier alpha value is -2.14. The van der Waals surface area contributed by atoms with Crippen LogP contribution in [0.2, 0.25) is 0 Å². The van der Waals surface area contributed by atoms with Crippen molar-refractivity contribution in [1.29, 1.82) is 0 Å².